The second kappa shape index (κ2) is 5.16. The summed E-state index contributed by atoms with van der Waals surface area (Å²) in [7, 11) is 1.64. The van der Waals surface area contributed by atoms with Crippen molar-refractivity contribution >= 4 is 10.9 Å². The first-order valence-corrected chi connectivity index (χ1v) is 7.14. The average molecular weight is 327 g/mol. The first kappa shape index (κ1) is 14.4. The molecule has 1 N–H and O–H groups in total. The van der Waals surface area contributed by atoms with E-state index in [0.29, 0.717) is 22.0 Å². The number of benzene rings is 1. The van der Waals surface area contributed by atoms with Gasteiger partial charge in [0, 0.05) is 36.0 Å². The van der Waals surface area contributed by atoms with Crippen LogP contribution in [0.15, 0.2) is 52.2 Å². The fourth-order valence-corrected chi connectivity index (χ4v) is 2.74. The number of aryl methyl sites for hydroxylation is 1. The second-order valence-corrected chi connectivity index (χ2v) is 5.39. The molecule has 120 valence electrons. The van der Waals surface area contributed by atoms with E-state index in [0.717, 1.165) is 6.07 Å². The van der Waals surface area contributed by atoms with Crippen molar-refractivity contribution < 1.29 is 13.3 Å². The fraction of sp³-hybridized carbons (Fsp3) is 0.0588. The predicted octanol–water partition coefficient (Wildman–Crippen LogP) is 3.47. The highest BCUT2D eigenvalue weighted by Gasteiger charge is 2.21. The van der Waals surface area contributed by atoms with E-state index in [4.69, 9.17) is 4.52 Å². The number of nitrogens with zero attached hydrogens (tertiary/aromatic N) is 2. The van der Waals surface area contributed by atoms with Crippen LogP contribution in [-0.4, -0.2) is 14.7 Å². The SMILES string of the molecule is Cn1ccc2c(-c3oncc3-c3cccc(F)c3F)c[nH]c2c1=O. The van der Waals surface area contributed by atoms with E-state index in [9.17, 15) is 13.6 Å². The van der Waals surface area contributed by atoms with Gasteiger partial charge in [0.25, 0.3) is 5.56 Å². The summed E-state index contributed by atoms with van der Waals surface area (Å²) in [6.07, 6.45) is 4.54. The Bertz CT molecular complexity index is 1120. The van der Waals surface area contributed by atoms with Crippen molar-refractivity contribution in [1.82, 2.24) is 14.7 Å². The number of aromatic nitrogens is 3. The maximum absolute atomic E-state index is 14.1. The topological polar surface area (TPSA) is 63.8 Å². The van der Waals surface area contributed by atoms with Crippen LogP contribution >= 0.6 is 0 Å². The van der Waals surface area contributed by atoms with Gasteiger partial charge in [0.15, 0.2) is 17.4 Å². The Morgan fingerprint density at radius 1 is 1.17 bits per heavy atom. The fourth-order valence-electron chi connectivity index (χ4n) is 2.74. The molecule has 4 aromatic rings. The zero-order valence-electron chi connectivity index (χ0n) is 12.5. The molecule has 4 rings (SSSR count). The summed E-state index contributed by atoms with van der Waals surface area (Å²) >= 11 is 0. The van der Waals surface area contributed by atoms with Crippen LogP contribution in [0.4, 0.5) is 8.78 Å². The number of H-pyrrole nitrogens is 1. The Hall–Kier alpha value is -3.22. The lowest BCUT2D eigenvalue weighted by Gasteiger charge is -2.03. The molecule has 0 saturated carbocycles. The Morgan fingerprint density at radius 3 is 2.83 bits per heavy atom. The second-order valence-electron chi connectivity index (χ2n) is 5.39. The van der Waals surface area contributed by atoms with Crippen LogP contribution in [0, 0.1) is 11.6 Å². The highest BCUT2D eigenvalue weighted by Crippen LogP contribution is 2.36. The van der Waals surface area contributed by atoms with E-state index in [1.807, 2.05) is 0 Å². The molecule has 0 aliphatic heterocycles. The number of hydrogen-bond acceptors (Lipinski definition) is 3. The van der Waals surface area contributed by atoms with Gasteiger partial charge in [-0.3, -0.25) is 4.79 Å². The van der Waals surface area contributed by atoms with E-state index in [2.05, 4.69) is 10.1 Å². The zero-order chi connectivity index (χ0) is 16.8. The number of aromatic amines is 1. The summed E-state index contributed by atoms with van der Waals surface area (Å²) in [5.41, 5.74) is 1.12. The van der Waals surface area contributed by atoms with Crippen molar-refractivity contribution in [3.63, 3.8) is 0 Å². The molecule has 1 aromatic carbocycles. The van der Waals surface area contributed by atoms with Crippen LogP contribution in [0.25, 0.3) is 33.4 Å². The largest absolute Gasteiger partial charge is 0.356 e. The summed E-state index contributed by atoms with van der Waals surface area (Å²) in [5, 5.41) is 4.33. The first-order chi connectivity index (χ1) is 11.6. The van der Waals surface area contributed by atoms with Gasteiger partial charge < -0.3 is 14.1 Å². The van der Waals surface area contributed by atoms with E-state index >= 15 is 0 Å². The summed E-state index contributed by atoms with van der Waals surface area (Å²) in [6, 6.07) is 5.65. The number of halogens is 2. The third-order valence-electron chi connectivity index (χ3n) is 3.98. The molecular weight excluding hydrogens is 316 g/mol. The minimum Gasteiger partial charge on any atom is -0.356 e. The molecule has 3 aromatic heterocycles. The van der Waals surface area contributed by atoms with E-state index < -0.39 is 11.6 Å². The highest BCUT2D eigenvalue weighted by atomic mass is 19.2. The van der Waals surface area contributed by atoms with Gasteiger partial charge in [-0.15, -0.1) is 0 Å². The average Bonchev–Trinajstić information content (AvgIpc) is 3.20. The quantitative estimate of drug-likeness (QED) is 0.613. The molecule has 0 unspecified atom stereocenters. The third kappa shape index (κ3) is 1.98. The molecule has 0 saturated heterocycles. The van der Waals surface area contributed by atoms with Gasteiger partial charge in [-0.1, -0.05) is 17.3 Å². The highest BCUT2D eigenvalue weighted by molar-refractivity contribution is 5.97. The molecule has 0 spiro atoms. The summed E-state index contributed by atoms with van der Waals surface area (Å²) in [5.74, 6) is -1.66. The van der Waals surface area contributed by atoms with Crippen LogP contribution < -0.4 is 5.56 Å². The van der Waals surface area contributed by atoms with Gasteiger partial charge in [-0.25, -0.2) is 8.78 Å². The van der Waals surface area contributed by atoms with Crippen molar-refractivity contribution in [1.29, 1.82) is 0 Å². The van der Waals surface area contributed by atoms with Crippen molar-refractivity contribution in [2.24, 2.45) is 7.05 Å². The lowest BCUT2D eigenvalue weighted by molar-refractivity contribution is 0.432. The lowest BCUT2D eigenvalue weighted by atomic mass is 10.0. The van der Waals surface area contributed by atoms with Crippen molar-refractivity contribution in [3.05, 3.63) is 64.8 Å². The minimum absolute atomic E-state index is 0.0458. The van der Waals surface area contributed by atoms with Crippen molar-refractivity contribution in [2.45, 2.75) is 0 Å². The molecule has 5 nitrogen and oxygen atoms in total. The maximum Gasteiger partial charge on any atom is 0.274 e. The van der Waals surface area contributed by atoms with E-state index in [1.165, 1.54) is 22.9 Å². The summed E-state index contributed by atoms with van der Waals surface area (Å²) < 4.78 is 34.3. The van der Waals surface area contributed by atoms with Crippen molar-refractivity contribution in [3.8, 4) is 22.5 Å². The first-order valence-electron chi connectivity index (χ1n) is 7.14. The Balaban J connectivity index is 1.98. The van der Waals surface area contributed by atoms with Crippen LogP contribution in [-0.2, 0) is 7.05 Å². The van der Waals surface area contributed by atoms with Gasteiger partial charge >= 0.3 is 0 Å². The molecule has 0 atom stereocenters. The van der Waals surface area contributed by atoms with Gasteiger partial charge in [0.2, 0.25) is 0 Å². The van der Waals surface area contributed by atoms with Gasteiger partial charge in [-0.2, -0.15) is 0 Å². The minimum atomic E-state index is -0.974. The Kier molecular flexibility index (Phi) is 3.09. The number of hydrogen-bond donors (Lipinski definition) is 1. The molecule has 0 radical (unpaired) electrons. The number of rotatable bonds is 2. The Labute approximate surface area is 134 Å². The number of nitrogens with one attached hydrogen (secondary N) is 1. The zero-order valence-corrected chi connectivity index (χ0v) is 12.5. The van der Waals surface area contributed by atoms with Crippen LogP contribution in [0.1, 0.15) is 0 Å². The molecule has 7 heteroatoms. The lowest BCUT2D eigenvalue weighted by Crippen LogP contribution is -2.15. The van der Waals surface area contributed by atoms with Gasteiger partial charge in [-0.05, 0) is 12.1 Å². The monoisotopic (exact) mass is 327 g/mol. The normalized spacial score (nSPS) is 11.3. The molecule has 24 heavy (non-hydrogen) atoms. The van der Waals surface area contributed by atoms with Crippen molar-refractivity contribution in [2.75, 3.05) is 0 Å². The molecule has 0 aliphatic rings. The van der Waals surface area contributed by atoms with E-state index in [-0.39, 0.29) is 16.9 Å². The van der Waals surface area contributed by atoms with E-state index in [1.54, 1.807) is 25.5 Å². The molecular formula is C17H11F2N3O2. The third-order valence-corrected chi connectivity index (χ3v) is 3.98. The van der Waals surface area contributed by atoms with Crippen LogP contribution in [0.3, 0.4) is 0 Å². The number of pyridine rings is 1. The van der Waals surface area contributed by atoms with Crippen LogP contribution in [0.5, 0.6) is 0 Å². The summed E-state index contributed by atoms with van der Waals surface area (Å²) in [6.45, 7) is 0. The van der Waals surface area contributed by atoms with Gasteiger partial charge in [0.05, 0.1) is 11.8 Å². The molecule has 0 aliphatic carbocycles. The standard InChI is InChI=1S/C17H11F2N3O2/c1-22-6-5-10-11(7-20-15(10)17(22)23)16-12(8-21-24-16)9-3-2-4-13(18)14(9)19/h2-8,20H,1H3. The number of fused-ring (bicyclic) bond motifs is 1. The molecule has 0 bridgehead atoms. The summed E-state index contributed by atoms with van der Waals surface area (Å²) in [4.78, 5) is 15.0. The molecule has 0 fully saturated rings. The maximum atomic E-state index is 14.1. The van der Waals surface area contributed by atoms with Gasteiger partial charge in [0.1, 0.15) is 5.52 Å². The van der Waals surface area contributed by atoms with Crippen LogP contribution in [0.2, 0.25) is 0 Å². The smallest absolute Gasteiger partial charge is 0.274 e. The Morgan fingerprint density at radius 2 is 2.00 bits per heavy atom. The molecule has 3 heterocycles. The predicted molar refractivity (Wildman–Crippen MR) is 84.4 cm³/mol. The molecule has 0 amide bonds.